The number of para-hydroxylation sites is 1. The SMILES string of the molecule is N#Cc1ccccc1NC(=O)NC(c1ccccc1)c1ccccc1. The molecule has 2 N–H and O–H groups in total. The lowest BCUT2D eigenvalue weighted by atomic mass is 9.99. The molecule has 0 spiro atoms. The lowest BCUT2D eigenvalue weighted by Crippen LogP contribution is -2.33. The first kappa shape index (κ1) is 16.3. The van der Waals surface area contributed by atoms with Gasteiger partial charge in [0.25, 0.3) is 0 Å². The maximum atomic E-state index is 12.5. The molecule has 0 aliphatic rings. The number of hydrogen-bond acceptors (Lipinski definition) is 2. The number of amides is 2. The Labute approximate surface area is 146 Å². The molecule has 0 unspecified atom stereocenters. The molecule has 0 saturated heterocycles. The van der Waals surface area contributed by atoms with Crippen LogP contribution in [-0.4, -0.2) is 6.03 Å². The number of hydrogen-bond donors (Lipinski definition) is 2. The normalized spacial score (nSPS) is 10.1. The summed E-state index contributed by atoms with van der Waals surface area (Å²) in [6.45, 7) is 0. The van der Waals surface area contributed by atoms with E-state index in [-0.39, 0.29) is 12.1 Å². The van der Waals surface area contributed by atoms with Crippen LogP contribution in [0.2, 0.25) is 0 Å². The maximum Gasteiger partial charge on any atom is 0.320 e. The molecule has 0 aliphatic carbocycles. The molecule has 122 valence electrons. The van der Waals surface area contributed by atoms with E-state index in [0.29, 0.717) is 11.3 Å². The Hall–Kier alpha value is -3.58. The van der Waals surface area contributed by atoms with Gasteiger partial charge in [-0.05, 0) is 23.3 Å². The average Bonchev–Trinajstić information content (AvgIpc) is 2.68. The molecule has 0 fully saturated rings. The van der Waals surface area contributed by atoms with Crippen molar-refractivity contribution in [2.75, 3.05) is 5.32 Å². The number of carbonyl (C=O) groups excluding carboxylic acids is 1. The van der Waals surface area contributed by atoms with Gasteiger partial charge in [-0.15, -0.1) is 0 Å². The highest BCUT2D eigenvalue weighted by atomic mass is 16.2. The zero-order chi connectivity index (χ0) is 17.5. The second kappa shape index (κ2) is 7.80. The van der Waals surface area contributed by atoms with E-state index in [0.717, 1.165) is 11.1 Å². The van der Waals surface area contributed by atoms with Crippen LogP contribution in [0.5, 0.6) is 0 Å². The van der Waals surface area contributed by atoms with Crippen molar-refractivity contribution in [3.8, 4) is 6.07 Å². The van der Waals surface area contributed by atoms with Gasteiger partial charge >= 0.3 is 6.03 Å². The second-order valence-electron chi connectivity index (χ2n) is 5.51. The van der Waals surface area contributed by atoms with Crippen LogP contribution in [-0.2, 0) is 0 Å². The van der Waals surface area contributed by atoms with Crippen molar-refractivity contribution in [1.29, 1.82) is 5.26 Å². The topological polar surface area (TPSA) is 64.9 Å². The summed E-state index contributed by atoms with van der Waals surface area (Å²) in [4.78, 5) is 12.5. The van der Waals surface area contributed by atoms with E-state index in [1.165, 1.54) is 0 Å². The lowest BCUT2D eigenvalue weighted by molar-refractivity contribution is 0.250. The Kier molecular flexibility index (Phi) is 5.08. The van der Waals surface area contributed by atoms with E-state index in [1.807, 2.05) is 60.7 Å². The molecular weight excluding hydrogens is 310 g/mol. The van der Waals surface area contributed by atoms with Crippen LogP contribution in [0, 0.1) is 11.3 Å². The molecule has 4 heteroatoms. The first-order valence-electron chi connectivity index (χ1n) is 7.94. The van der Waals surface area contributed by atoms with Gasteiger partial charge in [-0.2, -0.15) is 5.26 Å². The summed E-state index contributed by atoms with van der Waals surface area (Å²) in [5.74, 6) is 0. The number of rotatable bonds is 4. The fraction of sp³-hybridized carbons (Fsp3) is 0.0476. The predicted molar refractivity (Wildman–Crippen MR) is 98.0 cm³/mol. The van der Waals surface area contributed by atoms with Gasteiger partial charge in [-0.25, -0.2) is 4.79 Å². The Morgan fingerprint density at radius 2 is 1.32 bits per heavy atom. The fourth-order valence-corrected chi connectivity index (χ4v) is 2.63. The van der Waals surface area contributed by atoms with Crippen LogP contribution in [0.4, 0.5) is 10.5 Å². The average molecular weight is 327 g/mol. The van der Waals surface area contributed by atoms with E-state index in [2.05, 4.69) is 16.7 Å². The summed E-state index contributed by atoms with van der Waals surface area (Å²) in [5, 5.41) is 14.9. The Morgan fingerprint density at radius 1 is 0.800 bits per heavy atom. The van der Waals surface area contributed by atoms with Crippen LogP contribution in [0.1, 0.15) is 22.7 Å². The van der Waals surface area contributed by atoms with Crippen molar-refractivity contribution in [2.45, 2.75) is 6.04 Å². The number of benzene rings is 3. The van der Waals surface area contributed by atoms with Crippen LogP contribution >= 0.6 is 0 Å². The van der Waals surface area contributed by atoms with Gasteiger partial charge in [-0.3, -0.25) is 0 Å². The minimum absolute atomic E-state index is 0.281. The number of nitrogens with zero attached hydrogens (tertiary/aromatic N) is 1. The Balaban J connectivity index is 1.83. The van der Waals surface area contributed by atoms with Crippen LogP contribution in [0.15, 0.2) is 84.9 Å². The second-order valence-corrected chi connectivity index (χ2v) is 5.51. The van der Waals surface area contributed by atoms with Gasteiger partial charge in [-0.1, -0.05) is 72.8 Å². The van der Waals surface area contributed by atoms with Gasteiger partial charge in [0, 0.05) is 0 Å². The van der Waals surface area contributed by atoms with E-state index < -0.39 is 0 Å². The van der Waals surface area contributed by atoms with Gasteiger partial charge in [0.15, 0.2) is 0 Å². The Morgan fingerprint density at radius 3 is 1.88 bits per heavy atom. The number of nitriles is 1. The summed E-state index contributed by atoms with van der Waals surface area (Å²) >= 11 is 0. The first-order chi connectivity index (χ1) is 12.3. The van der Waals surface area contributed by atoms with Crippen molar-refractivity contribution in [2.24, 2.45) is 0 Å². The molecule has 0 radical (unpaired) electrons. The van der Waals surface area contributed by atoms with E-state index >= 15 is 0 Å². The van der Waals surface area contributed by atoms with Gasteiger partial charge in [0.1, 0.15) is 6.07 Å². The molecule has 3 rings (SSSR count). The van der Waals surface area contributed by atoms with E-state index in [1.54, 1.807) is 24.3 Å². The third-order valence-corrected chi connectivity index (χ3v) is 3.84. The van der Waals surface area contributed by atoms with Crippen LogP contribution in [0.3, 0.4) is 0 Å². The van der Waals surface area contributed by atoms with Gasteiger partial charge in [0.05, 0.1) is 17.3 Å². The number of anilines is 1. The number of carbonyl (C=O) groups is 1. The van der Waals surface area contributed by atoms with Crippen molar-refractivity contribution in [3.05, 3.63) is 102 Å². The van der Waals surface area contributed by atoms with E-state index in [4.69, 9.17) is 5.26 Å². The Bertz CT molecular complexity index is 846. The third kappa shape index (κ3) is 4.04. The standard InChI is InChI=1S/C21H17N3O/c22-15-18-13-7-8-14-19(18)23-21(25)24-20(16-9-3-1-4-10-16)17-11-5-2-6-12-17/h1-14,20H,(H2,23,24,25). The summed E-state index contributed by atoms with van der Waals surface area (Å²) in [5.41, 5.74) is 2.88. The summed E-state index contributed by atoms with van der Waals surface area (Å²) in [6.07, 6.45) is 0. The van der Waals surface area contributed by atoms with Crippen LogP contribution in [0.25, 0.3) is 0 Å². The summed E-state index contributed by atoms with van der Waals surface area (Å²) in [6, 6.07) is 27.9. The zero-order valence-corrected chi connectivity index (χ0v) is 13.5. The molecule has 25 heavy (non-hydrogen) atoms. The fourth-order valence-electron chi connectivity index (χ4n) is 2.63. The monoisotopic (exact) mass is 327 g/mol. The molecule has 4 nitrogen and oxygen atoms in total. The minimum Gasteiger partial charge on any atom is -0.327 e. The van der Waals surface area contributed by atoms with Gasteiger partial charge in [0.2, 0.25) is 0 Å². The third-order valence-electron chi connectivity index (χ3n) is 3.84. The smallest absolute Gasteiger partial charge is 0.320 e. The highest BCUT2D eigenvalue weighted by Gasteiger charge is 2.17. The van der Waals surface area contributed by atoms with Crippen molar-refractivity contribution >= 4 is 11.7 Å². The molecule has 2 amide bonds. The van der Waals surface area contributed by atoms with Crippen LogP contribution < -0.4 is 10.6 Å². The number of urea groups is 1. The largest absolute Gasteiger partial charge is 0.327 e. The predicted octanol–water partition coefficient (Wildman–Crippen LogP) is 4.47. The van der Waals surface area contributed by atoms with Crippen molar-refractivity contribution in [3.63, 3.8) is 0 Å². The quantitative estimate of drug-likeness (QED) is 0.742. The molecule has 3 aromatic carbocycles. The highest BCUT2D eigenvalue weighted by molar-refractivity contribution is 5.91. The molecule has 0 atom stereocenters. The van der Waals surface area contributed by atoms with Gasteiger partial charge < -0.3 is 10.6 Å². The molecule has 0 aromatic heterocycles. The molecule has 0 heterocycles. The zero-order valence-electron chi connectivity index (χ0n) is 13.5. The van der Waals surface area contributed by atoms with Crippen molar-refractivity contribution < 1.29 is 4.79 Å². The molecule has 0 aliphatic heterocycles. The summed E-state index contributed by atoms with van der Waals surface area (Å²) < 4.78 is 0. The summed E-state index contributed by atoms with van der Waals surface area (Å²) in [7, 11) is 0. The maximum absolute atomic E-state index is 12.5. The molecule has 0 saturated carbocycles. The molecular formula is C21H17N3O. The van der Waals surface area contributed by atoms with Crippen molar-refractivity contribution in [1.82, 2.24) is 5.32 Å². The minimum atomic E-state index is -0.361. The highest BCUT2D eigenvalue weighted by Crippen LogP contribution is 2.22. The number of nitrogens with one attached hydrogen (secondary N) is 2. The van der Waals surface area contributed by atoms with E-state index in [9.17, 15) is 4.79 Å². The first-order valence-corrected chi connectivity index (χ1v) is 7.94. The molecule has 3 aromatic rings. The lowest BCUT2D eigenvalue weighted by Gasteiger charge is -2.20. The molecule has 0 bridgehead atoms.